The summed E-state index contributed by atoms with van der Waals surface area (Å²) in [4.78, 5) is 13.1. The third kappa shape index (κ3) is 5.33. The van der Waals surface area contributed by atoms with E-state index in [2.05, 4.69) is 28.9 Å². The van der Waals surface area contributed by atoms with Gasteiger partial charge in [-0.1, -0.05) is 6.92 Å². The van der Waals surface area contributed by atoms with Gasteiger partial charge in [0.25, 0.3) is 5.91 Å². The van der Waals surface area contributed by atoms with Crippen LogP contribution in [-0.4, -0.2) is 28.9 Å². The summed E-state index contributed by atoms with van der Waals surface area (Å²) in [5.41, 5.74) is 0.568. The number of nitrogens with zero attached hydrogens (tertiary/aromatic N) is 1. The van der Waals surface area contributed by atoms with E-state index in [0.717, 1.165) is 30.7 Å². The summed E-state index contributed by atoms with van der Waals surface area (Å²) in [7, 11) is 0. The molecule has 0 aromatic carbocycles. The van der Waals surface area contributed by atoms with Crippen molar-refractivity contribution in [2.45, 2.75) is 45.2 Å². The number of aromatic nitrogens is 1. The Bertz CT molecular complexity index is 397. The molecule has 1 aliphatic rings. The molecule has 1 amide bonds. The molecule has 2 heterocycles. The van der Waals surface area contributed by atoms with Crippen molar-refractivity contribution in [1.82, 2.24) is 15.0 Å². The molecule has 4 nitrogen and oxygen atoms in total. The van der Waals surface area contributed by atoms with Crippen LogP contribution in [0.4, 0.5) is 0 Å². The van der Waals surface area contributed by atoms with Crippen LogP contribution in [0.25, 0.3) is 0 Å². The molecule has 0 spiro atoms. The lowest BCUT2D eigenvalue weighted by atomic mass is 10.0. The zero-order valence-electron chi connectivity index (χ0n) is 11.3. The molecule has 7 heteroatoms. The molecule has 2 atom stereocenters. The van der Waals surface area contributed by atoms with Crippen molar-refractivity contribution in [3.63, 3.8) is 0 Å². The fraction of sp³-hybridized carbons (Fsp3) is 0.667. The molecule has 1 aromatic heterocycles. The summed E-state index contributed by atoms with van der Waals surface area (Å²) >= 11 is 1.42. The van der Waals surface area contributed by atoms with Crippen LogP contribution in [-0.2, 0) is 6.42 Å². The Morgan fingerprint density at radius 1 is 1.58 bits per heavy atom. The molecule has 2 N–H and O–H groups in total. The van der Waals surface area contributed by atoms with Crippen LogP contribution >= 0.6 is 38.5 Å². The predicted octanol–water partition coefficient (Wildman–Crippen LogP) is 1.80. The third-order valence-electron chi connectivity index (χ3n) is 3.10. The highest BCUT2D eigenvalue weighted by Gasteiger charge is 2.21. The molecule has 2 rings (SSSR count). The van der Waals surface area contributed by atoms with Crippen LogP contribution in [0.2, 0.25) is 0 Å². The van der Waals surface area contributed by atoms with Crippen molar-refractivity contribution < 1.29 is 4.79 Å². The van der Waals surface area contributed by atoms with Gasteiger partial charge < -0.3 is 10.6 Å². The van der Waals surface area contributed by atoms with E-state index in [-0.39, 0.29) is 38.9 Å². The maximum absolute atomic E-state index is 12.0. The molecule has 0 saturated carbocycles. The topological polar surface area (TPSA) is 54.0 Å². The Balaban J connectivity index is 0.00000162. The number of nitrogens with one attached hydrogen (secondary N) is 2. The standard InChI is InChI=1S/C12H19N3OS.2H2S/c1-3-10-7-11(15-17-10)12(16)14-9-4-5-13-8(2)6-9;;/h7-9,13H,3-6H2,1-2H3,(H,14,16);2*1H2/t8-,9-;;/m0../s1. The van der Waals surface area contributed by atoms with Gasteiger partial charge in [-0.15, -0.1) is 0 Å². The quantitative estimate of drug-likeness (QED) is 0.892. The largest absolute Gasteiger partial charge is 0.348 e. The Labute approximate surface area is 132 Å². The number of amides is 1. The van der Waals surface area contributed by atoms with Gasteiger partial charge in [-0.3, -0.25) is 4.79 Å². The van der Waals surface area contributed by atoms with E-state index in [1.807, 2.05) is 6.07 Å². The van der Waals surface area contributed by atoms with Crippen LogP contribution in [0.15, 0.2) is 6.07 Å². The van der Waals surface area contributed by atoms with Gasteiger partial charge in [0, 0.05) is 17.0 Å². The first kappa shape index (κ1) is 18.8. The molecular formula is C12H23N3OS3. The summed E-state index contributed by atoms with van der Waals surface area (Å²) in [6, 6.07) is 2.66. The first-order chi connectivity index (χ1) is 8.19. The van der Waals surface area contributed by atoms with E-state index in [1.54, 1.807) is 0 Å². The second kappa shape index (κ2) is 8.84. The monoisotopic (exact) mass is 321 g/mol. The molecular weight excluding hydrogens is 298 g/mol. The van der Waals surface area contributed by atoms with Crippen molar-refractivity contribution in [3.05, 3.63) is 16.6 Å². The van der Waals surface area contributed by atoms with Crippen LogP contribution < -0.4 is 10.6 Å². The predicted molar refractivity (Wildman–Crippen MR) is 90.2 cm³/mol. The average molecular weight is 322 g/mol. The minimum absolute atomic E-state index is 0. The highest BCUT2D eigenvalue weighted by atomic mass is 32.1. The Kier molecular flexibility index (Phi) is 8.73. The SMILES string of the molecule is CCc1cc(C(=O)N[C@H]2CCN[C@@H](C)C2)ns1.S.S. The van der Waals surface area contributed by atoms with Crippen molar-refractivity contribution in [3.8, 4) is 0 Å². The maximum Gasteiger partial charge on any atom is 0.271 e. The molecule has 0 unspecified atom stereocenters. The number of hydrogen-bond donors (Lipinski definition) is 2. The molecule has 1 aromatic rings. The minimum Gasteiger partial charge on any atom is -0.348 e. The van der Waals surface area contributed by atoms with E-state index in [9.17, 15) is 4.79 Å². The van der Waals surface area contributed by atoms with Crippen LogP contribution in [0.1, 0.15) is 42.1 Å². The molecule has 110 valence electrons. The van der Waals surface area contributed by atoms with Gasteiger partial charge in [0.2, 0.25) is 0 Å². The minimum atomic E-state index is -0.0277. The summed E-state index contributed by atoms with van der Waals surface area (Å²) in [6.07, 6.45) is 2.94. The third-order valence-corrected chi connectivity index (χ3v) is 4.03. The molecule has 1 saturated heterocycles. The molecule has 1 fully saturated rings. The fourth-order valence-corrected chi connectivity index (χ4v) is 2.75. The van der Waals surface area contributed by atoms with Crippen molar-refractivity contribution in [1.29, 1.82) is 0 Å². The number of carbonyl (C=O) groups is 1. The second-order valence-corrected chi connectivity index (χ2v) is 5.47. The van der Waals surface area contributed by atoms with Crippen LogP contribution in [0.5, 0.6) is 0 Å². The summed E-state index contributed by atoms with van der Waals surface area (Å²) < 4.78 is 4.19. The van der Waals surface area contributed by atoms with E-state index >= 15 is 0 Å². The number of hydrogen-bond acceptors (Lipinski definition) is 4. The van der Waals surface area contributed by atoms with Gasteiger partial charge in [0.05, 0.1) is 0 Å². The molecule has 19 heavy (non-hydrogen) atoms. The Morgan fingerprint density at radius 2 is 2.32 bits per heavy atom. The van der Waals surface area contributed by atoms with Crippen LogP contribution in [0, 0.1) is 0 Å². The lowest BCUT2D eigenvalue weighted by Gasteiger charge is -2.28. The molecule has 1 aliphatic heterocycles. The average Bonchev–Trinajstić information content (AvgIpc) is 2.77. The van der Waals surface area contributed by atoms with E-state index in [0.29, 0.717) is 11.7 Å². The molecule has 0 bridgehead atoms. The van der Waals surface area contributed by atoms with Crippen molar-refractivity contribution >= 4 is 44.4 Å². The number of rotatable bonds is 3. The summed E-state index contributed by atoms with van der Waals surface area (Å²) in [6.45, 7) is 5.20. The van der Waals surface area contributed by atoms with Gasteiger partial charge in [-0.25, -0.2) is 0 Å². The Morgan fingerprint density at radius 3 is 2.89 bits per heavy atom. The zero-order valence-corrected chi connectivity index (χ0v) is 14.1. The number of carbonyl (C=O) groups excluding carboxylic acids is 1. The van der Waals surface area contributed by atoms with Gasteiger partial charge in [0.1, 0.15) is 5.69 Å². The normalized spacial score (nSPS) is 22.0. The number of piperidine rings is 1. The first-order valence-corrected chi connectivity index (χ1v) is 6.96. The fourth-order valence-electron chi connectivity index (χ4n) is 2.11. The summed E-state index contributed by atoms with van der Waals surface area (Å²) in [5.74, 6) is -0.0277. The van der Waals surface area contributed by atoms with E-state index < -0.39 is 0 Å². The lowest BCUT2D eigenvalue weighted by molar-refractivity contribution is 0.0921. The smallest absolute Gasteiger partial charge is 0.271 e. The van der Waals surface area contributed by atoms with Crippen LogP contribution in [0.3, 0.4) is 0 Å². The Hall–Kier alpha value is -0.240. The highest BCUT2D eigenvalue weighted by molar-refractivity contribution is 7.59. The first-order valence-electron chi connectivity index (χ1n) is 6.19. The number of aryl methyl sites for hydroxylation is 1. The summed E-state index contributed by atoms with van der Waals surface area (Å²) in [5, 5.41) is 6.44. The van der Waals surface area contributed by atoms with Crippen molar-refractivity contribution in [2.75, 3.05) is 6.54 Å². The second-order valence-electron chi connectivity index (χ2n) is 4.58. The van der Waals surface area contributed by atoms with Gasteiger partial charge in [-0.2, -0.15) is 31.4 Å². The maximum atomic E-state index is 12.0. The van der Waals surface area contributed by atoms with Gasteiger partial charge in [0.15, 0.2) is 0 Å². The van der Waals surface area contributed by atoms with E-state index in [1.165, 1.54) is 11.5 Å². The molecule has 0 radical (unpaired) electrons. The van der Waals surface area contributed by atoms with Crippen molar-refractivity contribution in [2.24, 2.45) is 0 Å². The molecule has 0 aliphatic carbocycles. The zero-order chi connectivity index (χ0) is 12.3. The van der Waals surface area contributed by atoms with Gasteiger partial charge in [-0.05, 0) is 50.3 Å². The van der Waals surface area contributed by atoms with E-state index in [4.69, 9.17) is 0 Å². The van der Waals surface area contributed by atoms with Gasteiger partial charge >= 0.3 is 0 Å². The lowest BCUT2D eigenvalue weighted by Crippen LogP contribution is -2.46. The highest BCUT2D eigenvalue weighted by Crippen LogP contribution is 2.12.